The molecule has 2 fully saturated rings. The molecule has 4 nitrogen and oxygen atoms in total. The Morgan fingerprint density at radius 1 is 0.794 bits per heavy atom. The van der Waals surface area contributed by atoms with E-state index in [4.69, 9.17) is 16.3 Å². The summed E-state index contributed by atoms with van der Waals surface area (Å²) in [5, 5.41) is 0.450. The van der Waals surface area contributed by atoms with E-state index in [1.54, 1.807) is 18.2 Å². The molecule has 0 spiro atoms. The second-order valence-electron chi connectivity index (χ2n) is 8.88. The van der Waals surface area contributed by atoms with E-state index in [-0.39, 0.29) is 23.7 Å². The maximum Gasteiger partial charge on any atom is 0.238 e. The zero-order chi connectivity index (χ0) is 23.4. The lowest BCUT2D eigenvalue weighted by Crippen LogP contribution is -2.33. The number of fused-ring (bicyclic) bond motifs is 5. The number of halogens is 1. The smallest absolute Gasteiger partial charge is 0.238 e. The van der Waals surface area contributed by atoms with Gasteiger partial charge in [-0.3, -0.25) is 9.59 Å². The summed E-state index contributed by atoms with van der Waals surface area (Å²) in [6.07, 6.45) is 4.22. The van der Waals surface area contributed by atoms with Crippen molar-refractivity contribution in [2.75, 3.05) is 12.0 Å². The van der Waals surface area contributed by atoms with Gasteiger partial charge < -0.3 is 4.74 Å². The third-order valence-electron chi connectivity index (χ3n) is 7.21. The summed E-state index contributed by atoms with van der Waals surface area (Å²) in [5.41, 5.74) is 4.87. The number of rotatable bonds is 4. The highest BCUT2D eigenvalue weighted by Crippen LogP contribution is 2.59. The molecule has 2 bridgehead atoms. The summed E-state index contributed by atoms with van der Waals surface area (Å²) in [4.78, 5) is 28.8. The van der Waals surface area contributed by atoms with Crippen molar-refractivity contribution in [3.05, 3.63) is 113 Å². The van der Waals surface area contributed by atoms with Gasteiger partial charge in [0.1, 0.15) is 5.75 Å². The third-order valence-corrected chi connectivity index (χ3v) is 7.45. The number of allylic oxidation sites excluding steroid dienone is 3. The number of amides is 2. The number of imide groups is 1. The fraction of sp³-hybridized carbons (Fsp3) is 0.172. The minimum absolute atomic E-state index is 0.128. The predicted octanol–water partition coefficient (Wildman–Crippen LogP) is 5.77. The van der Waals surface area contributed by atoms with E-state index in [0.717, 1.165) is 22.3 Å². The van der Waals surface area contributed by atoms with Gasteiger partial charge >= 0.3 is 0 Å². The summed E-state index contributed by atoms with van der Waals surface area (Å²) >= 11 is 6.21. The number of anilines is 1. The zero-order valence-electron chi connectivity index (χ0n) is 18.5. The first-order chi connectivity index (χ1) is 16.6. The van der Waals surface area contributed by atoms with Gasteiger partial charge in [0.15, 0.2) is 0 Å². The van der Waals surface area contributed by atoms with Crippen LogP contribution in [0.15, 0.2) is 96.6 Å². The van der Waals surface area contributed by atoms with Gasteiger partial charge in [-0.05, 0) is 40.5 Å². The molecule has 3 aromatic rings. The van der Waals surface area contributed by atoms with Crippen molar-refractivity contribution >= 4 is 34.7 Å². The second kappa shape index (κ2) is 8.00. The van der Waals surface area contributed by atoms with Gasteiger partial charge in [-0.2, -0.15) is 0 Å². The van der Waals surface area contributed by atoms with E-state index in [0.29, 0.717) is 16.5 Å². The molecule has 168 valence electrons. The van der Waals surface area contributed by atoms with Gasteiger partial charge in [0.2, 0.25) is 11.8 Å². The molecule has 4 unspecified atom stereocenters. The Labute approximate surface area is 203 Å². The highest BCUT2D eigenvalue weighted by molar-refractivity contribution is 6.31. The summed E-state index contributed by atoms with van der Waals surface area (Å²) in [6, 6.07) is 25.5. The van der Waals surface area contributed by atoms with Crippen molar-refractivity contribution in [3.8, 4) is 5.75 Å². The minimum Gasteiger partial charge on any atom is -0.495 e. The molecule has 1 aliphatic heterocycles. The van der Waals surface area contributed by atoms with Crippen molar-refractivity contribution in [1.29, 1.82) is 0 Å². The average molecular weight is 468 g/mol. The van der Waals surface area contributed by atoms with E-state index in [1.807, 2.05) is 36.4 Å². The lowest BCUT2D eigenvalue weighted by Gasteiger charge is -2.22. The molecule has 0 radical (unpaired) electrons. The maximum absolute atomic E-state index is 13.8. The molecule has 1 saturated heterocycles. The molecule has 2 aliphatic carbocycles. The second-order valence-corrected chi connectivity index (χ2v) is 9.31. The largest absolute Gasteiger partial charge is 0.495 e. The van der Waals surface area contributed by atoms with E-state index < -0.39 is 11.8 Å². The predicted molar refractivity (Wildman–Crippen MR) is 133 cm³/mol. The molecule has 0 N–H and O–H groups in total. The first-order valence-corrected chi connectivity index (χ1v) is 11.7. The van der Waals surface area contributed by atoms with Crippen LogP contribution in [0, 0.1) is 23.7 Å². The van der Waals surface area contributed by atoms with Crippen molar-refractivity contribution in [2.45, 2.75) is 0 Å². The number of benzene rings is 3. The fourth-order valence-electron chi connectivity index (χ4n) is 5.88. The van der Waals surface area contributed by atoms with Gasteiger partial charge in [-0.1, -0.05) is 84.4 Å². The first-order valence-electron chi connectivity index (χ1n) is 11.3. The number of carbonyl (C=O) groups is 2. The Morgan fingerprint density at radius 3 is 1.82 bits per heavy atom. The summed E-state index contributed by atoms with van der Waals surface area (Å²) in [5.74, 6) is -1.03. The minimum atomic E-state index is -0.427. The molecule has 1 heterocycles. The Balaban J connectivity index is 1.49. The van der Waals surface area contributed by atoms with E-state index in [1.165, 1.54) is 12.0 Å². The molecule has 34 heavy (non-hydrogen) atoms. The number of methoxy groups -OCH3 is 1. The van der Waals surface area contributed by atoms with Gasteiger partial charge in [0.25, 0.3) is 0 Å². The molecule has 3 aliphatic rings. The zero-order valence-corrected chi connectivity index (χ0v) is 19.3. The summed E-state index contributed by atoms with van der Waals surface area (Å²) in [6.45, 7) is 0. The van der Waals surface area contributed by atoms with Crippen molar-refractivity contribution in [2.24, 2.45) is 23.7 Å². The lowest BCUT2D eigenvalue weighted by molar-refractivity contribution is -0.123. The molecule has 3 aromatic carbocycles. The third kappa shape index (κ3) is 2.99. The Bertz CT molecular complexity index is 1290. The van der Waals surface area contributed by atoms with Crippen LogP contribution in [0.25, 0.3) is 5.57 Å². The molecule has 0 aromatic heterocycles. The lowest BCUT2D eigenvalue weighted by atomic mass is 9.85. The molecular formula is C29H22ClNO3. The molecule has 1 saturated carbocycles. The van der Waals surface area contributed by atoms with Crippen molar-refractivity contribution in [1.82, 2.24) is 0 Å². The van der Waals surface area contributed by atoms with Crippen LogP contribution >= 0.6 is 11.6 Å². The number of nitrogens with zero attached hydrogens (tertiary/aromatic N) is 1. The molecule has 6 rings (SSSR count). The van der Waals surface area contributed by atoms with Gasteiger partial charge in [-0.25, -0.2) is 4.90 Å². The normalized spacial score (nSPS) is 24.6. The quantitative estimate of drug-likeness (QED) is 0.361. The van der Waals surface area contributed by atoms with E-state index >= 15 is 0 Å². The highest BCUT2D eigenvalue weighted by atomic mass is 35.5. The summed E-state index contributed by atoms with van der Waals surface area (Å²) < 4.78 is 5.45. The number of ether oxygens (including phenoxy) is 1. The van der Waals surface area contributed by atoms with Crippen LogP contribution in [0.5, 0.6) is 5.75 Å². The van der Waals surface area contributed by atoms with Crippen LogP contribution < -0.4 is 9.64 Å². The average Bonchev–Trinajstić information content (AvgIpc) is 3.50. The number of hydrogen-bond acceptors (Lipinski definition) is 3. The molecule has 4 atom stereocenters. The van der Waals surface area contributed by atoms with E-state index in [2.05, 4.69) is 36.4 Å². The molecule has 5 heteroatoms. The monoisotopic (exact) mass is 467 g/mol. The SMILES string of the molecule is COc1ccc(Cl)cc1N1C(=O)C2C3C=CC(C3=C(c3ccccc3)c3ccccc3)C2C1=O. The Kier molecular flexibility index (Phi) is 4.93. The van der Waals surface area contributed by atoms with Crippen LogP contribution in [0.1, 0.15) is 11.1 Å². The Hall–Kier alpha value is -3.63. The standard InChI is InChI=1S/C29H22ClNO3/c1-34-23-15-12-19(30)16-22(23)31-28(32)26-20-13-14-21(27(26)29(31)33)25(20)24(17-8-4-2-5-9-17)18-10-6-3-7-11-18/h2-16,20-21,26-27H,1H3. The van der Waals surface area contributed by atoms with Crippen molar-refractivity contribution < 1.29 is 14.3 Å². The maximum atomic E-state index is 13.8. The van der Waals surface area contributed by atoms with Crippen LogP contribution in [-0.2, 0) is 9.59 Å². The summed E-state index contributed by atoms with van der Waals surface area (Å²) in [7, 11) is 1.52. The van der Waals surface area contributed by atoms with Crippen LogP contribution in [-0.4, -0.2) is 18.9 Å². The van der Waals surface area contributed by atoms with Crippen LogP contribution in [0.3, 0.4) is 0 Å². The first kappa shape index (κ1) is 20.9. The molecule has 2 amide bonds. The Morgan fingerprint density at radius 2 is 1.32 bits per heavy atom. The van der Waals surface area contributed by atoms with Gasteiger partial charge in [0.05, 0.1) is 24.6 Å². The van der Waals surface area contributed by atoms with Crippen LogP contribution in [0.4, 0.5) is 5.69 Å². The number of carbonyl (C=O) groups excluding carboxylic acids is 2. The fourth-order valence-corrected chi connectivity index (χ4v) is 6.05. The number of hydrogen-bond donors (Lipinski definition) is 0. The van der Waals surface area contributed by atoms with Crippen molar-refractivity contribution in [3.63, 3.8) is 0 Å². The van der Waals surface area contributed by atoms with E-state index in [9.17, 15) is 9.59 Å². The van der Waals surface area contributed by atoms with Gasteiger partial charge in [0, 0.05) is 16.9 Å². The topological polar surface area (TPSA) is 46.6 Å². The van der Waals surface area contributed by atoms with Crippen LogP contribution in [0.2, 0.25) is 5.02 Å². The van der Waals surface area contributed by atoms with Gasteiger partial charge in [-0.15, -0.1) is 0 Å². The molecular weight excluding hydrogens is 446 g/mol. The highest BCUT2D eigenvalue weighted by Gasteiger charge is 2.62.